The van der Waals surface area contributed by atoms with Crippen molar-refractivity contribution in [2.24, 2.45) is 11.8 Å². The summed E-state index contributed by atoms with van der Waals surface area (Å²) in [6.07, 6.45) is 4.62. The highest BCUT2D eigenvalue weighted by molar-refractivity contribution is 5.57. The summed E-state index contributed by atoms with van der Waals surface area (Å²) in [5.74, 6) is 1.78. The van der Waals surface area contributed by atoms with E-state index in [1.165, 1.54) is 12.6 Å². The Morgan fingerprint density at radius 3 is 2.80 bits per heavy atom. The molecule has 0 bridgehead atoms. The van der Waals surface area contributed by atoms with Crippen molar-refractivity contribution in [3.05, 3.63) is 16.3 Å². The molecule has 7 heteroatoms. The molecule has 1 aromatic rings. The molecule has 1 aliphatic rings. The maximum atomic E-state index is 11.1. The summed E-state index contributed by atoms with van der Waals surface area (Å²) in [6.45, 7) is 4.42. The fourth-order valence-corrected chi connectivity index (χ4v) is 2.70. The number of nitrogens with one attached hydrogen (secondary N) is 2. The molecule has 1 aliphatic carbocycles. The molecule has 7 nitrogen and oxygen atoms in total. The van der Waals surface area contributed by atoms with Crippen LogP contribution in [0, 0.1) is 22.0 Å². The second-order valence-corrected chi connectivity index (χ2v) is 5.45. The van der Waals surface area contributed by atoms with Gasteiger partial charge in [-0.05, 0) is 18.3 Å². The van der Waals surface area contributed by atoms with Crippen LogP contribution in [0.15, 0.2) is 6.20 Å². The smallest absolute Gasteiger partial charge is 0.329 e. The van der Waals surface area contributed by atoms with Crippen molar-refractivity contribution in [2.45, 2.75) is 39.2 Å². The normalized spacial score (nSPS) is 26.1. The SMILES string of the molecule is CNc1ncc([N+](=O)[O-])c(NC2CCCC(C)C2C)n1. The van der Waals surface area contributed by atoms with Gasteiger partial charge in [0.2, 0.25) is 11.8 Å². The lowest BCUT2D eigenvalue weighted by Gasteiger charge is -2.34. The first-order valence-corrected chi connectivity index (χ1v) is 6.98. The Morgan fingerprint density at radius 2 is 2.15 bits per heavy atom. The maximum absolute atomic E-state index is 11.1. The number of hydrogen-bond donors (Lipinski definition) is 2. The van der Waals surface area contributed by atoms with Crippen molar-refractivity contribution < 1.29 is 4.92 Å². The molecule has 1 aromatic heterocycles. The van der Waals surface area contributed by atoms with Gasteiger partial charge in [-0.15, -0.1) is 0 Å². The Bertz CT molecular complexity index is 494. The average Bonchev–Trinajstić information content (AvgIpc) is 2.43. The van der Waals surface area contributed by atoms with Crippen LogP contribution in [-0.2, 0) is 0 Å². The highest BCUT2D eigenvalue weighted by Crippen LogP contribution is 2.33. The van der Waals surface area contributed by atoms with E-state index >= 15 is 0 Å². The first kappa shape index (κ1) is 14.5. The summed E-state index contributed by atoms with van der Waals surface area (Å²) >= 11 is 0. The van der Waals surface area contributed by atoms with Gasteiger partial charge in [0, 0.05) is 13.1 Å². The van der Waals surface area contributed by atoms with Crippen molar-refractivity contribution in [2.75, 3.05) is 17.7 Å². The molecule has 0 radical (unpaired) electrons. The molecular formula is C13H21N5O2. The lowest BCUT2D eigenvalue weighted by atomic mass is 9.78. The number of nitro groups is 1. The van der Waals surface area contributed by atoms with Crippen molar-refractivity contribution in [1.29, 1.82) is 0 Å². The minimum Gasteiger partial charge on any atom is -0.361 e. The van der Waals surface area contributed by atoms with E-state index in [0.29, 0.717) is 23.6 Å². The average molecular weight is 279 g/mol. The Labute approximate surface area is 118 Å². The molecule has 0 saturated heterocycles. The Morgan fingerprint density at radius 1 is 1.40 bits per heavy atom. The van der Waals surface area contributed by atoms with E-state index in [1.54, 1.807) is 7.05 Å². The predicted octanol–water partition coefficient (Wildman–Crippen LogP) is 2.66. The summed E-state index contributed by atoms with van der Waals surface area (Å²) in [7, 11) is 1.69. The van der Waals surface area contributed by atoms with Crippen molar-refractivity contribution >= 4 is 17.5 Å². The van der Waals surface area contributed by atoms with E-state index in [9.17, 15) is 10.1 Å². The van der Waals surface area contributed by atoms with Gasteiger partial charge in [0.05, 0.1) is 4.92 Å². The van der Waals surface area contributed by atoms with Crippen LogP contribution in [0.3, 0.4) is 0 Å². The van der Waals surface area contributed by atoms with E-state index < -0.39 is 4.92 Å². The topological polar surface area (TPSA) is 93.0 Å². The molecule has 1 heterocycles. The molecule has 2 N–H and O–H groups in total. The first-order chi connectivity index (χ1) is 9.52. The summed E-state index contributed by atoms with van der Waals surface area (Å²) in [5.41, 5.74) is -0.0746. The molecule has 0 amide bonds. The minimum atomic E-state index is -0.446. The number of aromatic nitrogens is 2. The quantitative estimate of drug-likeness (QED) is 0.650. The van der Waals surface area contributed by atoms with E-state index in [0.717, 1.165) is 12.8 Å². The van der Waals surface area contributed by atoms with Crippen LogP contribution in [0.4, 0.5) is 17.5 Å². The molecule has 0 aromatic carbocycles. The molecule has 2 rings (SSSR count). The molecule has 1 saturated carbocycles. The second kappa shape index (κ2) is 6.02. The zero-order valence-electron chi connectivity index (χ0n) is 12.1. The Kier molecular flexibility index (Phi) is 4.36. The second-order valence-electron chi connectivity index (χ2n) is 5.45. The standard InChI is InChI=1S/C13H21N5O2/c1-8-5-4-6-10(9(8)2)16-12-11(18(19)20)7-15-13(14-3)17-12/h7-10H,4-6H2,1-3H3,(H2,14,15,16,17). The molecule has 20 heavy (non-hydrogen) atoms. The summed E-state index contributed by atoms with van der Waals surface area (Å²) in [6, 6.07) is 0.219. The predicted molar refractivity (Wildman–Crippen MR) is 77.8 cm³/mol. The van der Waals surface area contributed by atoms with Crippen LogP contribution in [0.2, 0.25) is 0 Å². The fraction of sp³-hybridized carbons (Fsp3) is 0.692. The molecule has 1 fully saturated rings. The lowest BCUT2D eigenvalue weighted by Crippen LogP contribution is -2.35. The van der Waals surface area contributed by atoms with Crippen molar-refractivity contribution in [3.8, 4) is 0 Å². The van der Waals surface area contributed by atoms with Gasteiger partial charge >= 0.3 is 5.69 Å². The fourth-order valence-electron chi connectivity index (χ4n) is 2.70. The molecular weight excluding hydrogens is 258 g/mol. The van der Waals surface area contributed by atoms with Gasteiger partial charge in [-0.3, -0.25) is 10.1 Å². The Balaban J connectivity index is 2.24. The zero-order chi connectivity index (χ0) is 14.7. The lowest BCUT2D eigenvalue weighted by molar-refractivity contribution is -0.384. The molecule has 0 aliphatic heterocycles. The third-order valence-corrected chi connectivity index (χ3v) is 4.22. The third kappa shape index (κ3) is 2.97. The maximum Gasteiger partial charge on any atom is 0.329 e. The largest absolute Gasteiger partial charge is 0.361 e. The minimum absolute atomic E-state index is 0.0746. The van der Waals surface area contributed by atoms with E-state index in [1.807, 2.05) is 0 Å². The van der Waals surface area contributed by atoms with E-state index in [4.69, 9.17) is 0 Å². The molecule has 110 valence electrons. The highest BCUT2D eigenvalue weighted by Gasteiger charge is 2.29. The van der Waals surface area contributed by atoms with Gasteiger partial charge in [-0.25, -0.2) is 4.98 Å². The van der Waals surface area contributed by atoms with Crippen LogP contribution in [-0.4, -0.2) is 28.0 Å². The van der Waals surface area contributed by atoms with Gasteiger partial charge in [-0.2, -0.15) is 4.98 Å². The third-order valence-electron chi connectivity index (χ3n) is 4.22. The Hall–Kier alpha value is -1.92. The monoisotopic (exact) mass is 279 g/mol. The molecule has 0 spiro atoms. The zero-order valence-corrected chi connectivity index (χ0v) is 12.1. The number of rotatable bonds is 4. The van der Waals surface area contributed by atoms with E-state index in [2.05, 4.69) is 34.4 Å². The van der Waals surface area contributed by atoms with Crippen LogP contribution in [0.25, 0.3) is 0 Å². The van der Waals surface area contributed by atoms with Gasteiger partial charge in [-0.1, -0.05) is 26.7 Å². The summed E-state index contributed by atoms with van der Waals surface area (Å²) in [5, 5.41) is 17.1. The van der Waals surface area contributed by atoms with Crippen LogP contribution in [0.5, 0.6) is 0 Å². The van der Waals surface area contributed by atoms with Crippen LogP contribution < -0.4 is 10.6 Å². The van der Waals surface area contributed by atoms with Gasteiger partial charge in [0.1, 0.15) is 6.20 Å². The van der Waals surface area contributed by atoms with Crippen LogP contribution >= 0.6 is 0 Å². The molecule has 3 unspecified atom stereocenters. The van der Waals surface area contributed by atoms with E-state index in [-0.39, 0.29) is 11.7 Å². The van der Waals surface area contributed by atoms with Gasteiger partial charge < -0.3 is 10.6 Å². The molecule has 3 atom stereocenters. The number of hydrogen-bond acceptors (Lipinski definition) is 6. The first-order valence-electron chi connectivity index (χ1n) is 6.98. The van der Waals surface area contributed by atoms with Gasteiger partial charge in [0.15, 0.2) is 0 Å². The highest BCUT2D eigenvalue weighted by atomic mass is 16.6. The van der Waals surface area contributed by atoms with Crippen LogP contribution in [0.1, 0.15) is 33.1 Å². The number of anilines is 2. The summed E-state index contributed by atoms with van der Waals surface area (Å²) < 4.78 is 0. The van der Waals surface area contributed by atoms with Crippen molar-refractivity contribution in [1.82, 2.24) is 9.97 Å². The summed E-state index contributed by atoms with van der Waals surface area (Å²) in [4.78, 5) is 18.7. The number of nitrogens with zero attached hydrogens (tertiary/aromatic N) is 3. The van der Waals surface area contributed by atoms with Crippen molar-refractivity contribution in [3.63, 3.8) is 0 Å². The van der Waals surface area contributed by atoms with Gasteiger partial charge in [0.25, 0.3) is 0 Å².